The van der Waals surface area contributed by atoms with Crippen molar-refractivity contribution in [1.29, 1.82) is 0 Å². The molecule has 4 nitrogen and oxygen atoms in total. The maximum Gasteiger partial charge on any atom is 0.271 e. The highest BCUT2D eigenvalue weighted by atomic mass is 16.6. The normalized spacial score (nSPS) is 10.6. The topological polar surface area (TPSA) is 55.2 Å². The summed E-state index contributed by atoms with van der Waals surface area (Å²) in [6, 6.07) is 5.16. The summed E-state index contributed by atoms with van der Waals surface area (Å²) < 4.78 is 0. The molecular weight excluding hydrogens is 264 g/mol. The van der Waals surface area contributed by atoms with Crippen LogP contribution in [0.15, 0.2) is 18.2 Å². The molecule has 0 aliphatic rings. The smallest absolute Gasteiger partial charge is 0.271 e. The second-order valence-corrected chi connectivity index (χ2v) is 5.72. The average Bonchev–Trinajstić information content (AvgIpc) is 2.45. The molecule has 0 fully saturated rings. The molecule has 0 unspecified atom stereocenters. The first-order valence-corrected chi connectivity index (χ1v) is 8.13. The molecule has 0 aliphatic carbocycles. The van der Waals surface area contributed by atoms with Crippen molar-refractivity contribution in [2.24, 2.45) is 0 Å². The van der Waals surface area contributed by atoms with Gasteiger partial charge in [0.15, 0.2) is 0 Å². The molecule has 1 aromatic rings. The standard InChI is InChI=1S/C17H28N2O2/c1-3-4-5-6-7-8-9-10-11-18-16-12-15(2)13-17(14-16)19(20)21/h12-14,18H,3-11H2,1-2H3. The Kier molecular flexibility index (Phi) is 8.48. The van der Waals surface area contributed by atoms with Crippen molar-refractivity contribution in [3.05, 3.63) is 33.9 Å². The van der Waals surface area contributed by atoms with E-state index in [9.17, 15) is 10.1 Å². The van der Waals surface area contributed by atoms with Gasteiger partial charge in [-0.3, -0.25) is 10.1 Å². The largest absolute Gasteiger partial charge is 0.385 e. The minimum Gasteiger partial charge on any atom is -0.385 e. The van der Waals surface area contributed by atoms with Crippen LogP contribution in [0.3, 0.4) is 0 Å². The molecule has 0 aliphatic heterocycles. The number of nitrogens with zero attached hydrogens (tertiary/aromatic N) is 1. The van der Waals surface area contributed by atoms with Crippen LogP contribution in [-0.2, 0) is 0 Å². The van der Waals surface area contributed by atoms with Gasteiger partial charge in [-0.25, -0.2) is 0 Å². The summed E-state index contributed by atoms with van der Waals surface area (Å²) in [5, 5.41) is 14.1. The second kappa shape index (κ2) is 10.2. The van der Waals surface area contributed by atoms with Gasteiger partial charge in [0.1, 0.15) is 0 Å². The SMILES string of the molecule is CCCCCCCCCCNc1cc(C)cc([N+](=O)[O-])c1. The van der Waals surface area contributed by atoms with Gasteiger partial charge in [0.2, 0.25) is 0 Å². The molecule has 21 heavy (non-hydrogen) atoms. The van der Waals surface area contributed by atoms with Crippen molar-refractivity contribution in [2.45, 2.75) is 65.2 Å². The lowest BCUT2D eigenvalue weighted by atomic mass is 10.1. The number of non-ortho nitro benzene ring substituents is 1. The lowest BCUT2D eigenvalue weighted by molar-refractivity contribution is -0.384. The van der Waals surface area contributed by atoms with Crippen LogP contribution in [0, 0.1) is 17.0 Å². The fraction of sp³-hybridized carbons (Fsp3) is 0.647. The van der Waals surface area contributed by atoms with E-state index in [1.165, 1.54) is 44.9 Å². The summed E-state index contributed by atoms with van der Waals surface area (Å²) in [5.41, 5.74) is 1.93. The summed E-state index contributed by atoms with van der Waals surface area (Å²) in [4.78, 5) is 10.5. The van der Waals surface area contributed by atoms with Gasteiger partial charge >= 0.3 is 0 Å². The second-order valence-electron chi connectivity index (χ2n) is 5.72. The molecule has 0 aromatic heterocycles. The van der Waals surface area contributed by atoms with Crippen LogP contribution in [0.2, 0.25) is 0 Å². The third-order valence-corrected chi connectivity index (χ3v) is 3.63. The highest BCUT2D eigenvalue weighted by molar-refractivity contribution is 5.53. The lowest BCUT2D eigenvalue weighted by Gasteiger charge is -2.07. The van der Waals surface area contributed by atoms with E-state index < -0.39 is 0 Å². The predicted molar refractivity (Wildman–Crippen MR) is 88.9 cm³/mol. The monoisotopic (exact) mass is 292 g/mol. The van der Waals surface area contributed by atoms with E-state index in [0.717, 1.165) is 24.2 Å². The molecule has 1 rings (SSSR count). The highest BCUT2D eigenvalue weighted by Gasteiger charge is 2.07. The summed E-state index contributed by atoms with van der Waals surface area (Å²) in [7, 11) is 0. The van der Waals surface area contributed by atoms with E-state index in [0.29, 0.717) is 0 Å². The fourth-order valence-electron chi connectivity index (χ4n) is 2.46. The zero-order chi connectivity index (χ0) is 15.5. The van der Waals surface area contributed by atoms with Crippen LogP contribution in [0.5, 0.6) is 0 Å². The van der Waals surface area contributed by atoms with E-state index in [2.05, 4.69) is 12.2 Å². The number of hydrogen-bond acceptors (Lipinski definition) is 3. The Labute approximate surface area is 128 Å². The van der Waals surface area contributed by atoms with Crippen molar-refractivity contribution in [2.75, 3.05) is 11.9 Å². The van der Waals surface area contributed by atoms with Gasteiger partial charge in [0.25, 0.3) is 5.69 Å². The number of aryl methyl sites for hydroxylation is 1. The van der Waals surface area contributed by atoms with Gasteiger partial charge in [-0.1, -0.05) is 51.9 Å². The van der Waals surface area contributed by atoms with Gasteiger partial charge < -0.3 is 5.32 Å². The first-order chi connectivity index (χ1) is 10.1. The Balaban J connectivity index is 2.17. The molecule has 1 N–H and O–H groups in total. The third kappa shape index (κ3) is 7.69. The molecule has 1 aromatic carbocycles. The average molecular weight is 292 g/mol. The van der Waals surface area contributed by atoms with E-state index in [-0.39, 0.29) is 10.6 Å². The van der Waals surface area contributed by atoms with Gasteiger partial charge in [-0.15, -0.1) is 0 Å². The summed E-state index contributed by atoms with van der Waals surface area (Å²) in [6.07, 6.45) is 10.3. The Morgan fingerprint density at radius 3 is 2.24 bits per heavy atom. The Hall–Kier alpha value is -1.58. The minimum atomic E-state index is -0.339. The van der Waals surface area contributed by atoms with Crippen LogP contribution in [0.1, 0.15) is 63.9 Å². The third-order valence-electron chi connectivity index (χ3n) is 3.63. The predicted octanol–water partition coefficient (Wildman–Crippen LogP) is 5.46. The van der Waals surface area contributed by atoms with Gasteiger partial charge in [-0.05, 0) is 25.0 Å². The molecule has 0 amide bonds. The molecule has 4 heteroatoms. The molecule has 0 spiro atoms. The Morgan fingerprint density at radius 2 is 1.62 bits per heavy atom. The number of unbranched alkanes of at least 4 members (excludes halogenated alkanes) is 7. The van der Waals surface area contributed by atoms with Gasteiger partial charge in [0, 0.05) is 24.4 Å². The van der Waals surface area contributed by atoms with E-state index in [1.807, 2.05) is 13.0 Å². The zero-order valence-electron chi connectivity index (χ0n) is 13.4. The van der Waals surface area contributed by atoms with Crippen LogP contribution in [-0.4, -0.2) is 11.5 Å². The molecule has 0 atom stereocenters. The van der Waals surface area contributed by atoms with E-state index >= 15 is 0 Å². The first kappa shape index (κ1) is 17.5. The molecule has 0 saturated carbocycles. The fourth-order valence-corrected chi connectivity index (χ4v) is 2.46. The van der Waals surface area contributed by atoms with Crippen molar-refractivity contribution >= 4 is 11.4 Å². The summed E-state index contributed by atoms with van der Waals surface area (Å²) in [5.74, 6) is 0. The number of rotatable bonds is 11. The molecular formula is C17H28N2O2. The number of nitrogens with one attached hydrogen (secondary N) is 1. The first-order valence-electron chi connectivity index (χ1n) is 8.13. The summed E-state index contributed by atoms with van der Waals surface area (Å²) in [6.45, 7) is 5.01. The van der Waals surface area contributed by atoms with E-state index in [1.54, 1.807) is 12.1 Å². The Morgan fingerprint density at radius 1 is 1.00 bits per heavy atom. The number of nitro benzene ring substituents is 1. The molecule has 0 bridgehead atoms. The van der Waals surface area contributed by atoms with Crippen molar-refractivity contribution in [1.82, 2.24) is 0 Å². The van der Waals surface area contributed by atoms with Crippen LogP contribution >= 0.6 is 0 Å². The zero-order valence-corrected chi connectivity index (χ0v) is 13.4. The number of anilines is 1. The molecule has 0 heterocycles. The van der Waals surface area contributed by atoms with Crippen molar-refractivity contribution in [3.8, 4) is 0 Å². The van der Waals surface area contributed by atoms with Crippen LogP contribution in [0.4, 0.5) is 11.4 Å². The molecule has 0 saturated heterocycles. The number of hydrogen-bond donors (Lipinski definition) is 1. The number of benzene rings is 1. The van der Waals surface area contributed by atoms with Crippen molar-refractivity contribution in [3.63, 3.8) is 0 Å². The summed E-state index contributed by atoms with van der Waals surface area (Å²) >= 11 is 0. The van der Waals surface area contributed by atoms with Crippen molar-refractivity contribution < 1.29 is 4.92 Å². The molecule has 118 valence electrons. The number of nitro groups is 1. The highest BCUT2D eigenvalue weighted by Crippen LogP contribution is 2.20. The minimum absolute atomic E-state index is 0.161. The molecule has 0 radical (unpaired) electrons. The lowest BCUT2D eigenvalue weighted by Crippen LogP contribution is -2.02. The maximum atomic E-state index is 10.8. The van der Waals surface area contributed by atoms with Crippen LogP contribution < -0.4 is 5.32 Å². The van der Waals surface area contributed by atoms with Gasteiger partial charge in [-0.2, -0.15) is 0 Å². The quantitative estimate of drug-likeness (QED) is 0.335. The maximum absolute atomic E-state index is 10.8. The van der Waals surface area contributed by atoms with Gasteiger partial charge in [0.05, 0.1) is 4.92 Å². The Bertz CT molecular complexity index is 433. The van der Waals surface area contributed by atoms with E-state index in [4.69, 9.17) is 0 Å². The van der Waals surface area contributed by atoms with Crippen LogP contribution in [0.25, 0.3) is 0 Å².